The molecule has 2 amide bonds. The Hall–Kier alpha value is -1.86. The summed E-state index contributed by atoms with van der Waals surface area (Å²) in [6.07, 6.45) is 1.36. The monoisotopic (exact) mass is 426 g/mol. The van der Waals surface area contributed by atoms with Gasteiger partial charge in [0, 0.05) is 23.9 Å². The van der Waals surface area contributed by atoms with E-state index in [0.717, 1.165) is 22.2 Å². The van der Waals surface area contributed by atoms with Gasteiger partial charge >= 0.3 is 0 Å². The summed E-state index contributed by atoms with van der Waals surface area (Å²) in [6.45, 7) is 7.15. The molecule has 0 aromatic carbocycles. The van der Waals surface area contributed by atoms with Gasteiger partial charge in [0.25, 0.3) is 5.91 Å². The summed E-state index contributed by atoms with van der Waals surface area (Å²) in [6, 6.07) is -0.509. The number of aromatic nitrogens is 4. The lowest BCUT2D eigenvalue weighted by molar-refractivity contribution is -0.146. The van der Waals surface area contributed by atoms with Crippen molar-refractivity contribution in [3.63, 3.8) is 0 Å². The summed E-state index contributed by atoms with van der Waals surface area (Å²) < 4.78 is 1.32. The fraction of sp³-hybridized carbons (Fsp3) is 0.500. The number of amides is 2. The molecular weight excluding hydrogens is 408 g/mol. The van der Waals surface area contributed by atoms with E-state index in [9.17, 15) is 9.59 Å². The normalized spacial score (nSPS) is 22.4. The van der Waals surface area contributed by atoms with E-state index in [4.69, 9.17) is 0 Å². The van der Waals surface area contributed by atoms with E-state index in [0.29, 0.717) is 0 Å². The first kappa shape index (κ1) is 19.9. The predicted octanol–water partition coefficient (Wildman–Crippen LogP) is 0.762. The molecule has 2 aliphatic rings. The van der Waals surface area contributed by atoms with Crippen LogP contribution in [0.3, 0.4) is 0 Å². The second kappa shape index (κ2) is 8.89. The highest BCUT2D eigenvalue weighted by Gasteiger charge is 2.51. The van der Waals surface area contributed by atoms with Crippen LogP contribution in [-0.2, 0) is 16.1 Å². The van der Waals surface area contributed by atoms with Crippen LogP contribution in [0.2, 0.25) is 0 Å². The summed E-state index contributed by atoms with van der Waals surface area (Å²) in [5.74, 6) is 1.24. The predicted molar refractivity (Wildman–Crippen MR) is 108 cm³/mol. The van der Waals surface area contributed by atoms with Crippen molar-refractivity contribution in [1.82, 2.24) is 30.4 Å². The highest BCUT2D eigenvalue weighted by molar-refractivity contribution is 8.82. The molecule has 0 spiro atoms. The molecule has 1 saturated heterocycles. The van der Waals surface area contributed by atoms with Gasteiger partial charge in [0.05, 0.1) is 0 Å². The summed E-state index contributed by atoms with van der Waals surface area (Å²) in [5.41, 5.74) is 2.18. The molecule has 1 N–H and O–H groups in total. The number of nitrogens with zero attached hydrogens (tertiary/aromatic N) is 7. The largest absolute Gasteiger partial charge is 0.340 e. The van der Waals surface area contributed by atoms with Crippen molar-refractivity contribution >= 4 is 56.9 Å². The lowest BCUT2D eigenvalue weighted by atomic mass is 10.0. The third-order valence-electron chi connectivity index (χ3n) is 3.98. The van der Waals surface area contributed by atoms with Gasteiger partial charge < -0.3 is 5.32 Å². The first-order valence-electron chi connectivity index (χ1n) is 7.94. The van der Waals surface area contributed by atoms with E-state index in [-0.39, 0.29) is 23.7 Å². The van der Waals surface area contributed by atoms with Gasteiger partial charge in [-0.25, -0.2) is 4.68 Å². The number of hydrogen-bond acceptors (Lipinski definition) is 10. The minimum Gasteiger partial charge on any atom is -0.340 e. The third kappa shape index (κ3) is 4.52. The average molecular weight is 427 g/mol. The van der Waals surface area contributed by atoms with Gasteiger partial charge in [-0.05, 0) is 40.6 Å². The maximum absolute atomic E-state index is 12.5. The Balaban J connectivity index is 1.54. The van der Waals surface area contributed by atoms with Crippen LogP contribution < -0.4 is 5.32 Å². The van der Waals surface area contributed by atoms with Crippen molar-refractivity contribution in [3.8, 4) is 0 Å². The van der Waals surface area contributed by atoms with Gasteiger partial charge in [-0.3, -0.25) is 14.5 Å². The molecule has 10 nitrogen and oxygen atoms in total. The maximum atomic E-state index is 12.5. The molecule has 144 valence electrons. The quantitative estimate of drug-likeness (QED) is 0.223. The van der Waals surface area contributed by atoms with Crippen molar-refractivity contribution in [1.29, 1.82) is 0 Å². The number of fused-ring (bicyclic) bond motifs is 1. The number of carbonyl (C=O) groups is 2. The molecule has 0 aliphatic carbocycles. The molecule has 2 atom stereocenters. The topological polar surface area (TPSA) is 118 Å². The number of carbonyl (C=O) groups excluding carboxylic acids is 2. The van der Waals surface area contributed by atoms with Crippen molar-refractivity contribution in [2.45, 2.75) is 31.8 Å². The minimum absolute atomic E-state index is 0.0113. The summed E-state index contributed by atoms with van der Waals surface area (Å²) in [5, 5.41) is 21.5. The van der Waals surface area contributed by atoms with Gasteiger partial charge in [-0.15, -0.1) is 22.0 Å². The standard InChI is InChI=1S/C14H18N8O2S3/c1-8-10(6-26-27-9(2)18-15-3)5-25-14-12(13(24)22(8)14)17-11(23)4-21-7-16-19-20-21/h7,12,14H,3-6H2,1-2H3,(H,17,23)/b18-9-. The molecule has 27 heavy (non-hydrogen) atoms. The Kier molecular flexibility index (Phi) is 6.55. The Morgan fingerprint density at radius 1 is 1.56 bits per heavy atom. The van der Waals surface area contributed by atoms with Gasteiger partial charge in [-0.2, -0.15) is 5.10 Å². The molecule has 0 radical (unpaired) electrons. The Morgan fingerprint density at radius 3 is 3.07 bits per heavy atom. The van der Waals surface area contributed by atoms with Gasteiger partial charge in [0.2, 0.25) is 5.91 Å². The van der Waals surface area contributed by atoms with Crippen LogP contribution in [0, 0.1) is 0 Å². The maximum Gasteiger partial charge on any atom is 0.253 e. The molecule has 0 bridgehead atoms. The molecule has 3 rings (SSSR count). The van der Waals surface area contributed by atoms with E-state index in [1.54, 1.807) is 27.5 Å². The molecule has 3 heterocycles. The summed E-state index contributed by atoms with van der Waals surface area (Å²) >= 11 is 1.66. The zero-order valence-corrected chi connectivity index (χ0v) is 17.2. The van der Waals surface area contributed by atoms with Crippen LogP contribution >= 0.6 is 33.3 Å². The fourth-order valence-corrected chi connectivity index (χ4v) is 6.24. The van der Waals surface area contributed by atoms with E-state index >= 15 is 0 Å². The number of thioether (sulfide) groups is 1. The Bertz CT molecular complexity index is 794. The number of hydrogen-bond donors (Lipinski definition) is 1. The van der Waals surface area contributed by atoms with E-state index < -0.39 is 6.04 Å². The molecule has 0 saturated carbocycles. The van der Waals surface area contributed by atoms with E-state index in [1.807, 2.05) is 13.8 Å². The minimum atomic E-state index is -0.509. The van der Waals surface area contributed by atoms with E-state index in [1.165, 1.54) is 27.4 Å². The first-order valence-corrected chi connectivity index (χ1v) is 11.3. The van der Waals surface area contributed by atoms with Crippen molar-refractivity contribution in [2.75, 3.05) is 11.5 Å². The van der Waals surface area contributed by atoms with Crippen LogP contribution in [0.1, 0.15) is 13.8 Å². The van der Waals surface area contributed by atoms with Crippen LogP contribution in [0.5, 0.6) is 0 Å². The number of allylic oxidation sites excluding steroid dienone is 1. The molecule has 2 aliphatic heterocycles. The highest BCUT2D eigenvalue weighted by Crippen LogP contribution is 2.41. The second-order valence-electron chi connectivity index (χ2n) is 5.76. The van der Waals surface area contributed by atoms with Crippen LogP contribution in [0.25, 0.3) is 0 Å². The third-order valence-corrected chi connectivity index (χ3v) is 7.66. The molecule has 1 aromatic heterocycles. The SMILES string of the molecule is C=N/N=C(/C)SSCC1=C(C)N2C(=O)C(NC(=O)Cn3cnnn3)C2SC1. The van der Waals surface area contributed by atoms with Crippen LogP contribution in [0.15, 0.2) is 27.8 Å². The van der Waals surface area contributed by atoms with Crippen LogP contribution in [-0.4, -0.2) is 71.6 Å². The van der Waals surface area contributed by atoms with Crippen LogP contribution in [0.4, 0.5) is 0 Å². The zero-order chi connectivity index (χ0) is 19.4. The van der Waals surface area contributed by atoms with Crippen molar-refractivity contribution < 1.29 is 9.59 Å². The summed E-state index contributed by atoms with van der Waals surface area (Å²) in [7, 11) is 3.19. The van der Waals surface area contributed by atoms with Crippen molar-refractivity contribution in [3.05, 3.63) is 17.6 Å². The number of β-lactam (4-membered cyclic amide) rings is 1. The molecular formula is C14H18N8O2S3. The fourth-order valence-electron chi connectivity index (χ4n) is 2.65. The number of nitrogens with one attached hydrogen (secondary N) is 1. The highest BCUT2D eigenvalue weighted by atomic mass is 33.1. The summed E-state index contributed by atoms with van der Waals surface area (Å²) in [4.78, 5) is 26.4. The Labute approximate surface area is 168 Å². The van der Waals surface area contributed by atoms with Crippen molar-refractivity contribution in [2.24, 2.45) is 10.2 Å². The van der Waals surface area contributed by atoms with Gasteiger partial charge in [0.1, 0.15) is 29.3 Å². The molecule has 13 heteroatoms. The molecule has 1 aromatic rings. The number of rotatable bonds is 7. The number of tetrazole rings is 1. The lowest BCUT2D eigenvalue weighted by Gasteiger charge is -2.50. The first-order chi connectivity index (χ1) is 13.0. The van der Waals surface area contributed by atoms with E-state index in [2.05, 4.69) is 37.8 Å². The van der Waals surface area contributed by atoms with Gasteiger partial charge in [-0.1, -0.05) is 10.8 Å². The molecule has 1 fully saturated rings. The second-order valence-corrected chi connectivity index (χ2v) is 9.35. The van der Waals surface area contributed by atoms with Gasteiger partial charge in [0.15, 0.2) is 0 Å². The Morgan fingerprint density at radius 2 is 2.37 bits per heavy atom. The smallest absolute Gasteiger partial charge is 0.253 e. The molecule has 2 unspecified atom stereocenters. The average Bonchev–Trinajstić information content (AvgIpc) is 3.13. The lowest BCUT2D eigenvalue weighted by Crippen LogP contribution is -2.69. The zero-order valence-electron chi connectivity index (χ0n) is 14.7.